The molecule has 6 rings (SSSR count). The van der Waals surface area contributed by atoms with Crippen LogP contribution in [0.5, 0.6) is 23.0 Å². The number of para-hydroxylation sites is 1. The van der Waals surface area contributed by atoms with Crippen molar-refractivity contribution in [3.05, 3.63) is 82.4 Å². The molecule has 0 spiro atoms. The van der Waals surface area contributed by atoms with E-state index in [-0.39, 0.29) is 12.8 Å². The van der Waals surface area contributed by atoms with E-state index in [0.717, 1.165) is 51.8 Å². The highest BCUT2D eigenvalue weighted by Crippen LogP contribution is 2.49. The molecule has 0 aromatic heterocycles. The molecule has 6 nitrogen and oxygen atoms in total. The summed E-state index contributed by atoms with van der Waals surface area (Å²) in [6, 6.07) is 19.5. The van der Waals surface area contributed by atoms with Gasteiger partial charge in [-0.2, -0.15) is 5.10 Å². The third-order valence-electron chi connectivity index (χ3n) is 5.86. The first-order valence-corrected chi connectivity index (χ1v) is 10.4. The lowest BCUT2D eigenvalue weighted by Gasteiger charge is -2.38. The van der Waals surface area contributed by atoms with Gasteiger partial charge in [-0.3, -0.25) is 0 Å². The van der Waals surface area contributed by atoms with E-state index in [4.69, 9.17) is 35.6 Å². The molecule has 0 saturated carbocycles. The predicted octanol–water partition coefficient (Wildman–Crippen LogP) is 5.32. The van der Waals surface area contributed by atoms with Gasteiger partial charge in [-0.05, 0) is 48.5 Å². The average Bonchev–Trinajstić information content (AvgIpc) is 3.45. The monoisotopic (exact) mass is 434 g/mol. The standard InChI is InChI=1S/C24H19ClN2O4/c1-28-20-5-3-2-4-16(20)24-27-19(17-11-15(25)7-9-21(17)31-24)12-18(26-27)14-6-8-22-23(10-14)30-13-29-22/h2-11,19,24H,12-13H2,1H3/t19-,24+/m0/s1. The number of methoxy groups -OCH3 is 1. The van der Waals surface area contributed by atoms with Crippen LogP contribution in [0.2, 0.25) is 5.02 Å². The molecule has 0 unspecified atom stereocenters. The summed E-state index contributed by atoms with van der Waals surface area (Å²) in [6.07, 6.45) is 0.309. The Labute approximate surface area is 184 Å². The third-order valence-corrected chi connectivity index (χ3v) is 6.10. The SMILES string of the molecule is COc1ccccc1[C@H]1Oc2ccc(Cl)cc2[C@@H]2CC(c3ccc4c(c3)OCO4)=NN12. The lowest BCUT2D eigenvalue weighted by atomic mass is 9.95. The molecule has 156 valence electrons. The van der Waals surface area contributed by atoms with Gasteiger partial charge in [0.2, 0.25) is 13.0 Å². The first-order valence-electron chi connectivity index (χ1n) is 10.1. The van der Waals surface area contributed by atoms with Gasteiger partial charge in [0.1, 0.15) is 11.5 Å². The van der Waals surface area contributed by atoms with E-state index >= 15 is 0 Å². The fourth-order valence-electron chi connectivity index (χ4n) is 4.38. The number of rotatable bonds is 3. The van der Waals surface area contributed by atoms with Crippen molar-refractivity contribution in [3.8, 4) is 23.0 Å². The van der Waals surface area contributed by atoms with E-state index in [1.54, 1.807) is 7.11 Å². The van der Waals surface area contributed by atoms with Crippen molar-refractivity contribution in [3.63, 3.8) is 0 Å². The normalized spacial score (nSPS) is 20.6. The number of hydrazone groups is 1. The van der Waals surface area contributed by atoms with E-state index in [1.165, 1.54) is 0 Å². The molecule has 0 aliphatic carbocycles. The zero-order valence-electron chi connectivity index (χ0n) is 16.7. The fourth-order valence-corrected chi connectivity index (χ4v) is 4.56. The van der Waals surface area contributed by atoms with E-state index in [1.807, 2.05) is 65.7 Å². The molecule has 0 radical (unpaired) electrons. The van der Waals surface area contributed by atoms with Crippen LogP contribution < -0.4 is 18.9 Å². The minimum absolute atomic E-state index is 0.00205. The highest BCUT2D eigenvalue weighted by atomic mass is 35.5. The van der Waals surface area contributed by atoms with Crippen molar-refractivity contribution >= 4 is 17.3 Å². The van der Waals surface area contributed by atoms with Crippen molar-refractivity contribution < 1.29 is 18.9 Å². The molecule has 31 heavy (non-hydrogen) atoms. The zero-order valence-corrected chi connectivity index (χ0v) is 17.5. The van der Waals surface area contributed by atoms with Gasteiger partial charge in [0.25, 0.3) is 0 Å². The van der Waals surface area contributed by atoms with Crippen LogP contribution in [0.25, 0.3) is 0 Å². The molecule has 3 aromatic carbocycles. The van der Waals surface area contributed by atoms with Crippen molar-refractivity contribution in [2.75, 3.05) is 13.9 Å². The lowest BCUT2D eigenvalue weighted by Crippen LogP contribution is -2.33. The van der Waals surface area contributed by atoms with Gasteiger partial charge in [-0.25, -0.2) is 5.01 Å². The second-order valence-corrected chi connectivity index (χ2v) is 8.05. The van der Waals surface area contributed by atoms with Crippen LogP contribution in [0.1, 0.15) is 35.4 Å². The highest BCUT2D eigenvalue weighted by Gasteiger charge is 2.42. The minimum atomic E-state index is -0.415. The van der Waals surface area contributed by atoms with E-state index in [2.05, 4.69) is 0 Å². The van der Waals surface area contributed by atoms with Gasteiger partial charge in [0, 0.05) is 22.6 Å². The quantitative estimate of drug-likeness (QED) is 0.558. The summed E-state index contributed by atoms with van der Waals surface area (Å²) in [5.41, 5.74) is 3.91. The summed E-state index contributed by atoms with van der Waals surface area (Å²) >= 11 is 6.32. The first-order chi connectivity index (χ1) is 15.2. The molecule has 0 saturated heterocycles. The number of benzene rings is 3. The molecule has 3 aromatic rings. The Balaban J connectivity index is 1.46. The smallest absolute Gasteiger partial charge is 0.231 e. The Hall–Kier alpha value is -3.38. The number of nitrogens with zero attached hydrogens (tertiary/aromatic N) is 2. The first kappa shape index (κ1) is 18.4. The topological polar surface area (TPSA) is 52.5 Å². The average molecular weight is 435 g/mol. The van der Waals surface area contributed by atoms with Gasteiger partial charge < -0.3 is 18.9 Å². The zero-order chi connectivity index (χ0) is 20.9. The third kappa shape index (κ3) is 2.98. The summed E-state index contributed by atoms with van der Waals surface area (Å²) in [4.78, 5) is 0. The summed E-state index contributed by atoms with van der Waals surface area (Å²) in [7, 11) is 1.66. The van der Waals surface area contributed by atoms with Crippen LogP contribution in [0.3, 0.4) is 0 Å². The van der Waals surface area contributed by atoms with Crippen LogP contribution >= 0.6 is 11.6 Å². The summed E-state index contributed by atoms with van der Waals surface area (Å²) in [5.74, 6) is 3.07. The van der Waals surface area contributed by atoms with Crippen LogP contribution in [0, 0.1) is 0 Å². The second-order valence-electron chi connectivity index (χ2n) is 7.61. The maximum absolute atomic E-state index is 6.42. The molecule has 3 heterocycles. The molecule has 3 aliphatic rings. The summed E-state index contributed by atoms with van der Waals surface area (Å²) in [6.45, 7) is 0.246. The number of hydrogen-bond donors (Lipinski definition) is 0. The molecule has 0 fully saturated rings. The molecular weight excluding hydrogens is 416 g/mol. The number of halogens is 1. The number of ether oxygens (including phenoxy) is 4. The highest BCUT2D eigenvalue weighted by molar-refractivity contribution is 6.30. The van der Waals surface area contributed by atoms with Crippen molar-refractivity contribution in [2.45, 2.75) is 18.7 Å². The largest absolute Gasteiger partial charge is 0.496 e. The molecule has 0 N–H and O–H groups in total. The van der Waals surface area contributed by atoms with Crippen LogP contribution in [0.4, 0.5) is 0 Å². The maximum Gasteiger partial charge on any atom is 0.231 e. The van der Waals surface area contributed by atoms with Gasteiger partial charge in [0.15, 0.2) is 11.5 Å². The maximum atomic E-state index is 6.42. The number of hydrogen-bond acceptors (Lipinski definition) is 6. The molecule has 0 bridgehead atoms. The van der Waals surface area contributed by atoms with Crippen molar-refractivity contribution in [2.24, 2.45) is 5.10 Å². The Bertz CT molecular complexity index is 1210. The van der Waals surface area contributed by atoms with Gasteiger partial charge in [-0.1, -0.05) is 23.7 Å². The van der Waals surface area contributed by atoms with E-state index in [0.29, 0.717) is 5.02 Å². The van der Waals surface area contributed by atoms with Crippen LogP contribution in [0.15, 0.2) is 65.8 Å². The molecule has 7 heteroatoms. The van der Waals surface area contributed by atoms with E-state index < -0.39 is 6.23 Å². The van der Waals surface area contributed by atoms with Crippen LogP contribution in [-0.2, 0) is 0 Å². The summed E-state index contributed by atoms with van der Waals surface area (Å²) < 4.78 is 23.0. The Kier molecular flexibility index (Phi) is 4.21. The second kappa shape index (κ2) is 7.10. The van der Waals surface area contributed by atoms with Crippen molar-refractivity contribution in [1.82, 2.24) is 5.01 Å². The number of fused-ring (bicyclic) bond motifs is 4. The lowest BCUT2D eigenvalue weighted by molar-refractivity contribution is -0.0203. The van der Waals surface area contributed by atoms with Gasteiger partial charge in [0.05, 0.1) is 24.4 Å². The van der Waals surface area contributed by atoms with Crippen molar-refractivity contribution in [1.29, 1.82) is 0 Å². The molecule has 3 aliphatic heterocycles. The molecular formula is C24H19ClN2O4. The van der Waals surface area contributed by atoms with Crippen LogP contribution in [-0.4, -0.2) is 24.6 Å². The Morgan fingerprint density at radius 1 is 0.968 bits per heavy atom. The fraction of sp³-hybridized carbons (Fsp3) is 0.208. The van der Waals surface area contributed by atoms with Gasteiger partial charge >= 0.3 is 0 Å². The summed E-state index contributed by atoms with van der Waals surface area (Å²) in [5, 5.41) is 7.68. The Morgan fingerprint density at radius 3 is 2.71 bits per heavy atom. The Morgan fingerprint density at radius 2 is 1.81 bits per heavy atom. The van der Waals surface area contributed by atoms with E-state index in [9.17, 15) is 0 Å². The minimum Gasteiger partial charge on any atom is -0.496 e. The molecule has 0 amide bonds. The van der Waals surface area contributed by atoms with Gasteiger partial charge in [-0.15, -0.1) is 0 Å². The molecule has 2 atom stereocenters. The predicted molar refractivity (Wildman–Crippen MR) is 116 cm³/mol.